The summed E-state index contributed by atoms with van der Waals surface area (Å²) in [6.07, 6.45) is 0. The second-order valence-corrected chi connectivity index (χ2v) is 6.78. The number of hydrogen-bond acceptors (Lipinski definition) is 6. The zero-order valence-corrected chi connectivity index (χ0v) is 12.2. The largest absolute Gasteiger partial charge is 0.369 e. The summed E-state index contributed by atoms with van der Waals surface area (Å²) in [4.78, 5) is 13.7. The maximum absolute atomic E-state index is 14.0. The van der Waals surface area contributed by atoms with Gasteiger partial charge in [0, 0.05) is 24.7 Å². The molecule has 1 heterocycles. The summed E-state index contributed by atoms with van der Waals surface area (Å²) in [6, 6.07) is 2.43. The van der Waals surface area contributed by atoms with Gasteiger partial charge in [0.2, 0.25) is 16.0 Å². The van der Waals surface area contributed by atoms with Gasteiger partial charge in [0.15, 0.2) is 0 Å². The molecular formula is C11H12F2N4O4S. The third kappa shape index (κ3) is 2.47. The van der Waals surface area contributed by atoms with E-state index in [0.717, 1.165) is 25.2 Å². The maximum atomic E-state index is 14.0. The monoisotopic (exact) mass is 334 g/mol. The quantitative estimate of drug-likeness (QED) is 0.637. The number of hydrogen-bond donors (Lipinski definition) is 1. The minimum atomic E-state index is -4.03. The molecule has 0 radical (unpaired) electrons. The molecular weight excluding hydrogens is 322 g/mol. The standard InChI is InChI=1S/C11H12F2N4O4S/c1-16-10(14)15-11(5-12,6-22(16,20)21)8-4-7(17(18)19)2-3-9(8)13/h2-4H,5-6H2,1H3,(H2,14,15)/t11-/m0/s1. The molecule has 0 unspecified atom stereocenters. The van der Waals surface area contributed by atoms with E-state index in [1.54, 1.807) is 0 Å². The van der Waals surface area contributed by atoms with Crippen molar-refractivity contribution in [2.24, 2.45) is 10.7 Å². The number of benzene rings is 1. The molecule has 0 aliphatic carbocycles. The number of alkyl halides is 1. The van der Waals surface area contributed by atoms with Gasteiger partial charge in [-0.15, -0.1) is 0 Å². The van der Waals surface area contributed by atoms with Crippen molar-refractivity contribution < 1.29 is 22.1 Å². The molecule has 0 amide bonds. The van der Waals surface area contributed by atoms with Crippen molar-refractivity contribution in [3.8, 4) is 0 Å². The summed E-state index contributed by atoms with van der Waals surface area (Å²) >= 11 is 0. The van der Waals surface area contributed by atoms with Gasteiger partial charge in [0.05, 0.1) is 4.92 Å². The van der Waals surface area contributed by atoms with Crippen LogP contribution >= 0.6 is 0 Å². The van der Waals surface area contributed by atoms with Gasteiger partial charge >= 0.3 is 0 Å². The Kier molecular flexibility index (Phi) is 3.77. The topological polar surface area (TPSA) is 119 Å². The number of non-ortho nitro benzene ring substituents is 1. The van der Waals surface area contributed by atoms with Crippen LogP contribution < -0.4 is 5.73 Å². The van der Waals surface area contributed by atoms with Crippen LogP contribution in [-0.2, 0) is 15.6 Å². The van der Waals surface area contributed by atoms with Gasteiger partial charge in [-0.3, -0.25) is 10.1 Å². The maximum Gasteiger partial charge on any atom is 0.270 e. The highest BCUT2D eigenvalue weighted by atomic mass is 32.2. The van der Waals surface area contributed by atoms with Gasteiger partial charge < -0.3 is 5.73 Å². The van der Waals surface area contributed by atoms with Gasteiger partial charge in [-0.25, -0.2) is 26.5 Å². The van der Waals surface area contributed by atoms with Crippen molar-refractivity contribution in [3.05, 3.63) is 39.7 Å². The Morgan fingerprint density at radius 3 is 2.68 bits per heavy atom. The Hall–Kier alpha value is -2.30. The fourth-order valence-corrected chi connectivity index (χ4v) is 3.55. The zero-order valence-electron chi connectivity index (χ0n) is 11.4. The van der Waals surface area contributed by atoms with E-state index in [1.807, 2.05) is 0 Å². The molecule has 0 saturated heterocycles. The van der Waals surface area contributed by atoms with Crippen LogP contribution in [0.3, 0.4) is 0 Å². The van der Waals surface area contributed by atoms with Crippen LogP contribution in [0.5, 0.6) is 0 Å². The highest BCUT2D eigenvalue weighted by molar-refractivity contribution is 7.89. The normalized spacial score (nSPS) is 24.0. The van der Waals surface area contributed by atoms with Gasteiger partial charge in [-0.05, 0) is 6.07 Å². The molecule has 0 spiro atoms. The van der Waals surface area contributed by atoms with Crippen molar-refractivity contribution in [3.63, 3.8) is 0 Å². The molecule has 120 valence electrons. The molecule has 22 heavy (non-hydrogen) atoms. The zero-order chi connectivity index (χ0) is 16.7. The number of nitro groups is 1. The van der Waals surface area contributed by atoms with E-state index in [1.165, 1.54) is 0 Å². The molecule has 0 fully saturated rings. The predicted molar refractivity (Wildman–Crippen MR) is 73.9 cm³/mol. The molecule has 0 saturated carbocycles. The molecule has 1 aromatic carbocycles. The van der Waals surface area contributed by atoms with Gasteiger partial charge in [0.25, 0.3) is 5.69 Å². The second kappa shape index (κ2) is 5.16. The highest BCUT2D eigenvalue weighted by Crippen LogP contribution is 2.36. The SMILES string of the molecule is CN1C(N)=N[C@](CF)(c2cc([N+](=O)[O-])ccc2F)CS1(=O)=O. The van der Waals surface area contributed by atoms with Crippen LogP contribution in [0.1, 0.15) is 5.56 Å². The van der Waals surface area contributed by atoms with Crippen LogP contribution in [0.15, 0.2) is 23.2 Å². The van der Waals surface area contributed by atoms with Crippen LogP contribution in [-0.4, -0.2) is 43.1 Å². The first-order valence-corrected chi connectivity index (χ1v) is 7.56. The lowest BCUT2D eigenvalue weighted by atomic mass is 9.92. The second-order valence-electron chi connectivity index (χ2n) is 4.78. The summed E-state index contributed by atoms with van der Waals surface area (Å²) in [7, 11) is -2.90. The summed E-state index contributed by atoms with van der Waals surface area (Å²) in [5.41, 5.74) is 2.29. The van der Waals surface area contributed by atoms with Gasteiger partial charge in [-0.2, -0.15) is 0 Å². The van der Waals surface area contributed by atoms with Crippen LogP contribution in [0.25, 0.3) is 0 Å². The van der Waals surface area contributed by atoms with E-state index in [-0.39, 0.29) is 0 Å². The lowest BCUT2D eigenvalue weighted by Crippen LogP contribution is -2.52. The van der Waals surface area contributed by atoms with Gasteiger partial charge in [0.1, 0.15) is 23.8 Å². The van der Waals surface area contributed by atoms with Gasteiger partial charge in [-0.1, -0.05) is 0 Å². The number of rotatable bonds is 3. The first kappa shape index (κ1) is 16.1. The summed E-state index contributed by atoms with van der Waals surface area (Å²) in [5.74, 6) is -2.40. The summed E-state index contributed by atoms with van der Waals surface area (Å²) in [6.45, 7) is -1.38. The molecule has 1 aliphatic rings. The third-order valence-electron chi connectivity index (χ3n) is 3.37. The van der Waals surface area contributed by atoms with Crippen molar-refractivity contribution >= 4 is 21.7 Å². The number of nitrogens with two attached hydrogens (primary N) is 1. The number of aliphatic imine (C=N–C) groups is 1. The lowest BCUT2D eigenvalue weighted by Gasteiger charge is -2.35. The molecule has 8 nitrogen and oxygen atoms in total. The molecule has 1 atom stereocenters. The predicted octanol–water partition coefficient (Wildman–Crippen LogP) is 0.489. The smallest absolute Gasteiger partial charge is 0.270 e. The van der Waals surface area contributed by atoms with Crippen LogP contribution in [0.4, 0.5) is 14.5 Å². The fourth-order valence-electron chi connectivity index (χ4n) is 2.12. The number of nitrogens with zero attached hydrogens (tertiary/aromatic N) is 3. The molecule has 1 aliphatic heterocycles. The Labute approximate surface area is 124 Å². The average Bonchev–Trinajstić information content (AvgIpc) is 2.44. The Balaban J connectivity index is 2.72. The van der Waals surface area contributed by atoms with E-state index in [9.17, 15) is 27.3 Å². The number of sulfonamides is 1. The minimum Gasteiger partial charge on any atom is -0.369 e. The average molecular weight is 334 g/mol. The number of guanidine groups is 1. The first-order valence-electron chi connectivity index (χ1n) is 5.95. The molecule has 11 heteroatoms. The first-order chi connectivity index (χ1) is 10.1. The van der Waals surface area contributed by atoms with E-state index >= 15 is 0 Å². The van der Waals surface area contributed by atoms with Crippen LogP contribution in [0.2, 0.25) is 0 Å². The fraction of sp³-hybridized carbons (Fsp3) is 0.364. The van der Waals surface area contributed by atoms with E-state index in [2.05, 4.69) is 4.99 Å². The molecule has 0 bridgehead atoms. The molecule has 0 aromatic heterocycles. The van der Waals surface area contributed by atoms with Crippen molar-refractivity contribution in [1.82, 2.24) is 4.31 Å². The van der Waals surface area contributed by atoms with E-state index < -0.39 is 55.9 Å². The third-order valence-corrected chi connectivity index (χ3v) is 5.24. The summed E-state index contributed by atoms with van der Waals surface area (Å²) in [5, 5.41) is 10.8. The Morgan fingerprint density at radius 1 is 1.55 bits per heavy atom. The molecule has 2 rings (SSSR count). The molecule has 1 aromatic rings. The summed E-state index contributed by atoms with van der Waals surface area (Å²) < 4.78 is 52.3. The van der Waals surface area contributed by atoms with E-state index in [4.69, 9.17) is 5.73 Å². The van der Waals surface area contributed by atoms with E-state index in [0.29, 0.717) is 4.31 Å². The Bertz CT molecular complexity index is 767. The molecule has 2 N–H and O–H groups in total. The number of nitro benzene ring substituents is 1. The minimum absolute atomic E-state index is 0.505. The Morgan fingerprint density at radius 2 is 2.18 bits per heavy atom. The van der Waals surface area contributed by atoms with Crippen molar-refractivity contribution in [2.45, 2.75) is 5.54 Å². The van der Waals surface area contributed by atoms with Crippen molar-refractivity contribution in [2.75, 3.05) is 19.5 Å². The highest BCUT2D eigenvalue weighted by Gasteiger charge is 2.46. The lowest BCUT2D eigenvalue weighted by molar-refractivity contribution is -0.385. The number of halogens is 2. The van der Waals surface area contributed by atoms with Crippen molar-refractivity contribution in [1.29, 1.82) is 0 Å². The van der Waals surface area contributed by atoms with Crippen LogP contribution in [0, 0.1) is 15.9 Å².